The zero-order valence-electron chi connectivity index (χ0n) is 11.8. The van der Waals surface area contributed by atoms with Gasteiger partial charge < -0.3 is 9.84 Å². The third kappa shape index (κ3) is 3.41. The van der Waals surface area contributed by atoms with Gasteiger partial charge in [-0.3, -0.25) is 4.90 Å². The largest absolute Gasteiger partial charge is 0.497 e. The van der Waals surface area contributed by atoms with Gasteiger partial charge >= 0.3 is 0 Å². The van der Waals surface area contributed by atoms with E-state index in [4.69, 9.17) is 16.3 Å². The number of hydrogen-bond donors (Lipinski definition) is 1. The SMILES string of the molecule is COc1ccc(CN2CCCC2C(C)(C)O)c(Cl)c1. The Balaban J connectivity index is 2.12. The number of likely N-dealkylation sites (tertiary alicyclic amines) is 1. The van der Waals surface area contributed by atoms with Gasteiger partial charge in [-0.1, -0.05) is 17.7 Å². The number of nitrogens with zero attached hydrogens (tertiary/aromatic N) is 1. The molecule has 1 unspecified atom stereocenters. The molecule has 0 amide bonds. The Morgan fingerprint density at radius 2 is 2.21 bits per heavy atom. The zero-order valence-corrected chi connectivity index (χ0v) is 12.6. The molecule has 1 heterocycles. The van der Waals surface area contributed by atoms with Crippen LogP contribution in [0.1, 0.15) is 32.3 Å². The standard InChI is InChI=1S/C15H22ClNO2/c1-15(2,18)14-5-4-8-17(14)10-11-6-7-12(19-3)9-13(11)16/h6-7,9,14,18H,4-5,8,10H2,1-3H3. The lowest BCUT2D eigenvalue weighted by Crippen LogP contribution is -2.45. The fraction of sp³-hybridized carbons (Fsp3) is 0.600. The van der Waals surface area contributed by atoms with Gasteiger partial charge in [0.25, 0.3) is 0 Å². The second kappa shape index (κ2) is 5.70. The monoisotopic (exact) mass is 283 g/mol. The molecule has 1 fully saturated rings. The Hall–Kier alpha value is -0.770. The molecule has 3 nitrogen and oxygen atoms in total. The fourth-order valence-electron chi connectivity index (χ4n) is 2.82. The Morgan fingerprint density at radius 1 is 1.47 bits per heavy atom. The predicted molar refractivity (Wildman–Crippen MR) is 77.7 cm³/mol. The fourth-order valence-corrected chi connectivity index (χ4v) is 3.05. The van der Waals surface area contributed by atoms with Gasteiger partial charge in [0.15, 0.2) is 0 Å². The van der Waals surface area contributed by atoms with Crippen LogP contribution in [-0.2, 0) is 6.54 Å². The quantitative estimate of drug-likeness (QED) is 0.922. The molecule has 0 saturated carbocycles. The van der Waals surface area contributed by atoms with Crippen LogP contribution in [0.2, 0.25) is 5.02 Å². The van der Waals surface area contributed by atoms with Crippen molar-refractivity contribution in [1.29, 1.82) is 0 Å². The van der Waals surface area contributed by atoms with Gasteiger partial charge in [0.1, 0.15) is 5.75 Å². The molecule has 2 rings (SSSR count). The maximum Gasteiger partial charge on any atom is 0.120 e. The summed E-state index contributed by atoms with van der Waals surface area (Å²) in [4.78, 5) is 2.31. The Kier molecular flexibility index (Phi) is 4.39. The van der Waals surface area contributed by atoms with Crippen molar-refractivity contribution >= 4 is 11.6 Å². The molecule has 106 valence electrons. The van der Waals surface area contributed by atoms with E-state index in [0.29, 0.717) is 0 Å². The average Bonchev–Trinajstić information content (AvgIpc) is 2.79. The number of ether oxygens (including phenoxy) is 1. The smallest absolute Gasteiger partial charge is 0.120 e. The van der Waals surface area contributed by atoms with Gasteiger partial charge in [-0.15, -0.1) is 0 Å². The van der Waals surface area contributed by atoms with Crippen molar-refractivity contribution in [3.8, 4) is 5.75 Å². The second-order valence-electron chi connectivity index (χ2n) is 5.74. The van der Waals surface area contributed by atoms with Crippen molar-refractivity contribution < 1.29 is 9.84 Å². The number of methoxy groups -OCH3 is 1. The van der Waals surface area contributed by atoms with Crippen molar-refractivity contribution in [2.45, 2.75) is 44.9 Å². The summed E-state index contributed by atoms with van der Waals surface area (Å²) in [6, 6.07) is 5.97. The molecule has 1 aliphatic rings. The van der Waals surface area contributed by atoms with E-state index >= 15 is 0 Å². The third-order valence-corrected chi connectivity index (χ3v) is 4.16. The van der Waals surface area contributed by atoms with Crippen LogP contribution < -0.4 is 4.74 Å². The molecule has 0 radical (unpaired) electrons. The van der Waals surface area contributed by atoms with E-state index in [9.17, 15) is 5.11 Å². The summed E-state index contributed by atoms with van der Waals surface area (Å²) in [5.41, 5.74) is 0.411. The molecule has 1 saturated heterocycles. The summed E-state index contributed by atoms with van der Waals surface area (Å²) in [5.74, 6) is 0.772. The summed E-state index contributed by atoms with van der Waals surface area (Å²) in [6.07, 6.45) is 2.17. The zero-order chi connectivity index (χ0) is 14.0. The average molecular weight is 284 g/mol. The third-order valence-electron chi connectivity index (χ3n) is 3.81. The van der Waals surface area contributed by atoms with Crippen LogP contribution in [0.3, 0.4) is 0 Å². The molecular formula is C15H22ClNO2. The lowest BCUT2D eigenvalue weighted by Gasteiger charge is -2.34. The molecular weight excluding hydrogens is 262 g/mol. The highest BCUT2D eigenvalue weighted by molar-refractivity contribution is 6.31. The molecule has 4 heteroatoms. The van der Waals surface area contributed by atoms with Crippen LogP contribution in [-0.4, -0.2) is 35.3 Å². The molecule has 1 aliphatic heterocycles. The van der Waals surface area contributed by atoms with Gasteiger partial charge in [-0.2, -0.15) is 0 Å². The minimum Gasteiger partial charge on any atom is -0.497 e. The van der Waals surface area contributed by atoms with Crippen molar-refractivity contribution in [1.82, 2.24) is 4.90 Å². The van der Waals surface area contributed by atoms with Crippen LogP contribution >= 0.6 is 11.6 Å². The first-order valence-corrected chi connectivity index (χ1v) is 7.08. The van der Waals surface area contributed by atoms with Crippen molar-refractivity contribution in [2.75, 3.05) is 13.7 Å². The molecule has 0 bridgehead atoms. The number of hydrogen-bond acceptors (Lipinski definition) is 3. The lowest BCUT2D eigenvalue weighted by atomic mass is 9.96. The topological polar surface area (TPSA) is 32.7 Å². The maximum atomic E-state index is 10.2. The molecule has 1 aromatic carbocycles. The minimum atomic E-state index is -0.671. The molecule has 1 aromatic rings. The van der Waals surface area contributed by atoms with Crippen molar-refractivity contribution in [2.24, 2.45) is 0 Å². The van der Waals surface area contributed by atoms with Gasteiger partial charge in [-0.25, -0.2) is 0 Å². The van der Waals surface area contributed by atoms with E-state index in [1.807, 2.05) is 32.0 Å². The Labute approximate surface area is 120 Å². The number of benzene rings is 1. The van der Waals surface area contributed by atoms with Gasteiger partial charge in [0.2, 0.25) is 0 Å². The Bertz CT molecular complexity index is 442. The molecule has 0 spiro atoms. The van der Waals surface area contributed by atoms with Gasteiger partial charge in [-0.05, 0) is 50.9 Å². The van der Waals surface area contributed by atoms with Crippen LogP contribution in [0.15, 0.2) is 18.2 Å². The second-order valence-corrected chi connectivity index (χ2v) is 6.15. The maximum absolute atomic E-state index is 10.2. The normalized spacial score (nSPS) is 20.8. The highest BCUT2D eigenvalue weighted by Gasteiger charge is 2.35. The highest BCUT2D eigenvalue weighted by atomic mass is 35.5. The summed E-state index contributed by atoms with van der Waals surface area (Å²) < 4.78 is 5.16. The minimum absolute atomic E-state index is 0.200. The summed E-state index contributed by atoms with van der Waals surface area (Å²) >= 11 is 6.28. The molecule has 19 heavy (non-hydrogen) atoms. The summed E-state index contributed by atoms with van der Waals surface area (Å²) in [7, 11) is 1.64. The van der Waals surface area contributed by atoms with Crippen molar-refractivity contribution in [3.63, 3.8) is 0 Å². The van der Waals surface area contributed by atoms with E-state index in [2.05, 4.69) is 4.90 Å². The summed E-state index contributed by atoms with van der Waals surface area (Å²) in [6.45, 7) is 5.55. The van der Waals surface area contributed by atoms with Gasteiger partial charge in [0, 0.05) is 17.6 Å². The number of rotatable bonds is 4. The number of halogens is 1. The van der Waals surface area contributed by atoms with E-state index in [-0.39, 0.29) is 6.04 Å². The molecule has 1 N–H and O–H groups in total. The molecule has 0 aliphatic carbocycles. The molecule has 0 aromatic heterocycles. The van der Waals surface area contributed by atoms with E-state index < -0.39 is 5.60 Å². The van der Waals surface area contributed by atoms with Gasteiger partial charge in [0.05, 0.1) is 12.7 Å². The molecule has 1 atom stereocenters. The van der Waals surface area contributed by atoms with E-state index in [1.54, 1.807) is 7.11 Å². The van der Waals surface area contributed by atoms with E-state index in [1.165, 1.54) is 0 Å². The highest BCUT2D eigenvalue weighted by Crippen LogP contribution is 2.30. The first-order valence-electron chi connectivity index (χ1n) is 6.70. The lowest BCUT2D eigenvalue weighted by molar-refractivity contribution is -0.00501. The predicted octanol–water partition coefficient (Wildman–Crippen LogP) is 3.08. The van der Waals surface area contributed by atoms with Crippen LogP contribution in [0, 0.1) is 0 Å². The van der Waals surface area contributed by atoms with Crippen LogP contribution in [0.25, 0.3) is 0 Å². The van der Waals surface area contributed by atoms with Crippen LogP contribution in [0.5, 0.6) is 5.75 Å². The van der Waals surface area contributed by atoms with Crippen LogP contribution in [0.4, 0.5) is 0 Å². The first kappa shape index (κ1) is 14.6. The summed E-state index contributed by atoms with van der Waals surface area (Å²) in [5, 5.41) is 10.9. The first-order chi connectivity index (χ1) is 8.91. The van der Waals surface area contributed by atoms with E-state index in [0.717, 1.165) is 42.3 Å². The number of aliphatic hydroxyl groups is 1. The van der Waals surface area contributed by atoms with Crippen molar-refractivity contribution in [3.05, 3.63) is 28.8 Å². The Morgan fingerprint density at radius 3 is 2.79 bits per heavy atom.